The van der Waals surface area contributed by atoms with Crippen LogP contribution in [-0.4, -0.2) is 52.8 Å². The van der Waals surface area contributed by atoms with E-state index in [0.717, 1.165) is 36.1 Å². The highest BCUT2D eigenvalue weighted by Crippen LogP contribution is 2.32. The molecule has 1 aliphatic heterocycles. The molecule has 9 nitrogen and oxygen atoms in total. The Labute approximate surface area is 197 Å². The van der Waals surface area contributed by atoms with Crippen molar-refractivity contribution in [1.82, 2.24) is 20.4 Å². The van der Waals surface area contributed by atoms with E-state index in [9.17, 15) is 18.0 Å². The quantitative estimate of drug-likeness (QED) is 0.512. The molecule has 1 fully saturated rings. The molecule has 0 unspecified atom stereocenters. The van der Waals surface area contributed by atoms with Crippen LogP contribution in [0.5, 0.6) is 5.75 Å². The molecule has 0 bridgehead atoms. The van der Waals surface area contributed by atoms with Crippen LogP contribution in [0.4, 0.5) is 29.9 Å². The molecule has 0 spiro atoms. The molecule has 2 aromatic heterocycles. The molecular formula is C21H22F3N7O2S. The van der Waals surface area contributed by atoms with Crippen molar-refractivity contribution in [3.8, 4) is 5.75 Å². The van der Waals surface area contributed by atoms with Crippen LogP contribution in [0.1, 0.15) is 29.3 Å². The average Bonchev–Trinajstić information content (AvgIpc) is 3.28. The number of aromatic nitrogens is 4. The molecule has 3 heterocycles. The van der Waals surface area contributed by atoms with Crippen molar-refractivity contribution in [3.63, 3.8) is 0 Å². The molecule has 34 heavy (non-hydrogen) atoms. The van der Waals surface area contributed by atoms with Gasteiger partial charge in [-0.1, -0.05) is 23.5 Å². The monoisotopic (exact) mass is 493 g/mol. The molecule has 0 saturated carbocycles. The number of rotatable bonds is 7. The molecule has 3 aromatic rings. The lowest BCUT2D eigenvalue weighted by Crippen LogP contribution is -2.33. The van der Waals surface area contributed by atoms with Crippen LogP contribution in [0, 0.1) is 0 Å². The molecule has 0 aliphatic carbocycles. The molecule has 4 rings (SSSR count). The molecule has 1 amide bonds. The zero-order valence-corrected chi connectivity index (χ0v) is 19.0. The number of nitrogens with one attached hydrogen (secondary N) is 2. The summed E-state index contributed by atoms with van der Waals surface area (Å²) in [6, 6.07) is 8.72. The van der Waals surface area contributed by atoms with Crippen molar-refractivity contribution in [2.75, 3.05) is 35.7 Å². The smallest absolute Gasteiger partial charge is 0.406 e. The van der Waals surface area contributed by atoms with Crippen molar-refractivity contribution < 1.29 is 22.7 Å². The highest BCUT2D eigenvalue weighted by molar-refractivity contribution is 7.15. The van der Waals surface area contributed by atoms with Gasteiger partial charge in [0.25, 0.3) is 0 Å². The van der Waals surface area contributed by atoms with Gasteiger partial charge < -0.3 is 20.3 Å². The van der Waals surface area contributed by atoms with Crippen LogP contribution in [0.2, 0.25) is 0 Å². The first kappa shape index (κ1) is 23.7. The van der Waals surface area contributed by atoms with Gasteiger partial charge in [-0.2, -0.15) is 0 Å². The number of halogens is 3. The first-order valence-corrected chi connectivity index (χ1v) is 11.3. The predicted octanol–water partition coefficient (Wildman–Crippen LogP) is 3.83. The lowest BCUT2D eigenvalue weighted by Gasteiger charge is -2.31. The van der Waals surface area contributed by atoms with E-state index in [1.54, 1.807) is 29.5 Å². The number of carbonyl (C=O) groups is 1. The molecule has 0 atom stereocenters. The van der Waals surface area contributed by atoms with Crippen molar-refractivity contribution in [2.24, 2.45) is 0 Å². The third-order valence-corrected chi connectivity index (χ3v) is 6.34. The van der Waals surface area contributed by atoms with Gasteiger partial charge in [0.1, 0.15) is 10.8 Å². The summed E-state index contributed by atoms with van der Waals surface area (Å²) < 4.78 is 41.0. The first-order valence-electron chi connectivity index (χ1n) is 10.5. The second kappa shape index (κ2) is 10.2. The SMILES string of the molecule is CNc1nnc(C2CCN(c3ccc(NC(=O)Cc4cccc(OC(F)(F)F)c4)nn3)CC2)s1. The minimum Gasteiger partial charge on any atom is -0.406 e. The molecule has 1 aliphatic rings. The molecule has 1 aromatic carbocycles. The largest absolute Gasteiger partial charge is 0.573 e. The van der Waals surface area contributed by atoms with Crippen LogP contribution in [0.3, 0.4) is 0 Å². The zero-order valence-electron chi connectivity index (χ0n) is 18.2. The topological polar surface area (TPSA) is 105 Å². The van der Waals surface area contributed by atoms with Crippen molar-refractivity contribution in [2.45, 2.75) is 31.5 Å². The summed E-state index contributed by atoms with van der Waals surface area (Å²) in [5.74, 6) is 0.535. The number of benzene rings is 1. The normalized spacial score (nSPS) is 14.6. The molecule has 0 radical (unpaired) electrons. The Kier molecular flexibility index (Phi) is 7.10. The Morgan fingerprint density at radius 1 is 1.15 bits per heavy atom. The van der Waals surface area contributed by atoms with Crippen LogP contribution >= 0.6 is 11.3 Å². The number of carbonyl (C=O) groups excluding carboxylic acids is 1. The Morgan fingerprint density at radius 3 is 2.59 bits per heavy atom. The van der Waals surface area contributed by atoms with Gasteiger partial charge in [0.2, 0.25) is 11.0 Å². The Morgan fingerprint density at radius 2 is 1.94 bits per heavy atom. The van der Waals surface area contributed by atoms with Gasteiger partial charge in [0.05, 0.1) is 6.42 Å². The van der Waals surface area contributed by atoms with E-state index in [4.69, 9.17) is 0 Å². The maximum absolute atomic E-state index is 12.4. The molecule has 2 N–H and O–H groups in total. The molecule has 180 valence electrons. The first-order chi connectivity index (χ1) is 16.3. The van der Waals surface area contributed by atoms with E-state index in [2.05, 4.69) is 40.7 Å². The summed E-state index contributed by atoms with van der Waals surface area (Å²) in [6.07, 6.45) is -3.07. The van der Waals surface area contributed by atoms with E-state index >= 15 is 0 Å². The number of ether oxygens (including phenoxy) is 1. The van der Waals surface area contributed by atoms with Crippen LogP contribution in [0.15, 0.2) is 36.4 Å². The fraction of sp³-hybridized carbons (Fsp3) is 0.381. The predicted molar refractivity (Wildman–Crippen MR) is 121 cm³/mol. The third-order valence-electron chi connectivity index (χ3n) is 5.24. The van der Waals surface area contributed by atoms with Crippen molar-refractivity contribution in [1.29, 1.82) is 0 Å². The van der Waals surface area contributed by atoms with Gasteiger partial charge in [-0.05, 0) is 42.7 Å². The molecular weight excluding hydrogens is 471 g/mol. The van der Waals surface area contributed by atoms with Crippen LogP contribution in [0.25, 0.3) is 0 Å². The van der Waals surface area contributed by atoms with Crippen LogP contribution in [-0.2, 0) is 11.2 Å². The van der Waals surface area contributed by atoms with Gasteiger partial charge in [-0.15, -0.1) is 33.6 Å². The van der Waals surface area contributed by atoms with Gasteiger partial charge >= 0.3 is 6.36 Å². The fourth-order valence-corrected chi connectivity index (χ4v) is 4.51. The summed E-state index contributed by atoms with van der Waals surface area (Å²) in [6.45, 7) is 1.60. The Bertz CT molecular complexity index is 1120. The zero-order chi connectivity index (χ0) is 24.1. The standard InChI is InChI=1S/C21H22F3N7O2S/c1-25-20-30-29-19(34-20)14-7-9-31(10-8-14)17-6-5-16(27-28-17)26-18(32)12-13-3-2-4-15(11-13)33-21(22,23)24/h2-6,11,14H,7-10,12H2,1H3,(H,25,30)(H,26,27,32). The van der Waals surface area contributed by atoms with E-state index in [1.165, 1.54) is 18.2 Å². The summed E-state index contributed by atoms with van der Waals surface area (Å²) in [5, 5.41) is 24.1. The van der Waals surface area contributed by atoms with E-state index < -0.39 is 12.3 Å². The van der Waals surface area contributed by atoms with Crippen molar-refractivity contribution in [3.05, 3.63) is 47.0 Å². The number of hydrogen-bond acceptors (Lipinski definition) is 9. The number of piperidine rings is 1. The van der Waals surface area contributed by atoms with E-state index in [0.29, 0.717) is 17.3 Å². The Balaban J connectivity index is 1.28. The number of nitrogens with zero attached hydrogens (tertiary/aromatic N) is 5. The van der Waals surface area contributed by atoms with Gasteiger partial charge in [0.15, 0.2) is 11.6 Å². The fourth-order valence-electron chi connectivity index (χ4n) is 3.64. The maximum Gasteiger partial charge on any atom is 0.573 e. The Hall–Kier alpha value is -3.48. The van der Waals surface area contributed by atoms with Gasteiger partial charge in [-0.25, -0.2) is 0 Å². The molecule has 13 heteroatoms. The minimum absolute atomic E-state index is 0.132. The highest BCUT2D eigenvalue weighted by atomic mass is 32.1. The lowest BCUT2D eigenvalue weighted by atomic mass is 9.98. The van der Waals surface area contributed by atoms with E-state index in [-0.39, 0.29) is 18.0 Å². The average molecular weight is 494 g/mol. The molecule has 1 saturated heterocycles. The van der Waals surface area contributed by atoms with Gasteiger partial charge in [-0.3, -0.25) is 4.79 Å². The number of alkyl halides is 3. The van der Waals surface area contributed by atoms with Crippen LogP contribution < -0.4 is 20.3 Å². The second-order valence-electron chi connectivity index (χ2n) is 7.65. The second-order valence-corrected chi connectivity index (χ2v) is 8.66. The summed E-state index contributed by atoms with van der Waals surface area (Å²) in [4.78, 5) is 14.4. The van der Waals surface area contributed by atoms with E-state index in [1.807, 2.05) is 7.05 Å². The maximum atomic E-state index is 12.4. The summed E-state index contributed by atoms with van der Waals surface area (Å²) in [7, 11) is 1.82. The lowest BCUT2D eigenvalue weighted by molar-refractivity contribution is -0.274. The third kappa shape index (κ3) is 6.31. The number of amides is 1. The summed E-state index contributed by atoms with van der Waals surface area (Å²) >= 11 is 1.57. The number of anilines is 3. The highest BCUT2D eigenvalue weighted by Gasteiger charge is 2.31. The van der Waals surface area contributed by atoms with Gasteiger partial charge in [0, 0.05) is 26.1 Å². The summed E-state index contributed by atoms with van der Waals surface area (Å²) in [5.41, 5.74) is 0.379. The number of hydrogen-bond donors (Lipinski definition) is 2. The van der Waals surface area contributed by atoms with Crippen molar-refractivity contribution >= 4 is 34.0 Å². The minimum atomic E-state index is -4.79.